The van der Waals surface area contributed by atoms with Crippen LogP contribution in [0.15, 0.2) is 30.3 Å². The van der Waals surface area contributed by atoms with Crippen LogP contribution in [0.25, 0.3) is 0 Å². The second kappa shape index (κ2) is 12.1. The second-order valence-corrected chi connectivity index (χ2v) is 9.02. The van der Waals surface area contributed by atoms with E-state index >= 15 is 0 Å². The Morgan fingerprint density at radius 2 is 1.46 bits per heavy atom. The van der Waals surface area contributed by atoms with Gasteiger partial charge in [0.05, 0.1) is 0 Å². The Bertz CT molecular complexity index is 541. The molecule has 1 aromatic rings. The summed E-state index contributed by atoms with van der Waals surface area (Å²) in [6, 6.07) is 10.8. The van der Waals surface area contributed by atoms with Gasteiger partial charge in [-0.1, -0.05) is 36.8 Å². The SMILES string of the molecule is CC(C)(C)OC(=O)N1CCCCC1.c1ccc(CCCN2CCCCC2)cc1. The van der Waals surface area contributed by atoms with Gasteiger partial charge >= 0.3 is 6.09 Å². The van der Waals surface area contributed by atoms with Crippen LogP contribution >= 0.6 is 0 Å². The van der Waals surface area contributed by atoms with Crippen LogP contribution in [-0.4, -0.2) is 54.2 Å². The summed E-state index contributed by atoms with van der Waals surface area (Å²) in [4.78, 5) is 15.9. The summed E-state index contributed by atoms with van der Waals surface area (Å²) in [5.74, 6) is 0. The second-order valence-electron chi connectivity index (χ2n) is 9.02. The van der Waals surface area contributed by atoms with E-state index in [1.165, 1.54) is 63.7 Å². The molecule has 0 bridgehead atoms. The maximum Gasteiger partial charge on any atom is 0.410 e. The Labute approximate surface area is 172 Å². The van der Waals surface area contributed by atoms with Crippen molar-refractivity contribution in [2.45, 2.75) is 77.7 Å². The zero-order valence-corrected chi connectivity index (χ0v) is 18.3. The van der Waals surface area contributed by atoms with Gasteiger partial charge in [-0.15, -0.1) is 0 Å². The third-order valence-electron chi connectivity index (χ3n) is 5.24. The topological polar surface area (TPSA) is 32.8 Å². The molecule has 3 rings (SSSR count). The van der Waals surface area contributed by atoms with Crippen LogP contribution in [0.5, 0.6) is 0 Å². The molecule has 0 atom stereocenters. The van der Waals surface area contributed by atoms with Crippen molar-refractivity contribution in [3.05, 3.63) is 35.9 Å². The van der Waals surface area contributed by atoms with Crippen LogP contribution in [0, 0.1) is 0 Å². The summed E-state index contributed by atoms with van der Waals surface area (Å²) in [5, 5.41) is 0. The van der Waals surface area contributed by atoms with Crippen molar-refractivity contribution in [1.82, 2.24) is 9.80 Å². The molecule has 2 fully saturated rings. The van der Waals surface area contributed by atoms with Gasteiger partial charge in [0.25, 0.3) is 0 Å². The smallest absolute Gasteiger partial charge is 0.410 e. The molecule has 158 valence electrons. The molecule has 0 aliphatic carbocycles. The molecule has 4 nitrogen and oxygen atoms in total. The number of carbonyl (C=O) groups excluding carboxylic acids is 1. The zero-order chi connectivity index (χ0) is 20.2. The van der Waals surface area contributed by atoms with Gasteiger partial charge in [-0.3, -0.25) is 0 Å². The monoisotopic (exact) mass is 388 g/mol. The third kappa shape index (κ3) is 9.59. The highest BCUT2D eigenvalue weighted by molar-refractivity contribution is 5.68. The van der Waals surface area contributed by atoms with Crippen LogP contribution in [-0.2, 0) is 11.2 Å². The Morgan fingerprint density at radius 3 is 2.04 bits per heavy atom. The quantitative estimate of drug-likeness (QED) is 0.681. The largest absolute Gasteiger partial charge is 0.444 e. The highest BCUT2D eigenvalue weighted by Crippen LogP contribution is 2.14. The van der Waals surface area contributed by atoms with E-state index in [4.69, 9.17) is 4.74 Å². The van der Waals surface area contributed by atoms with Crippen LogP contribution in [0.1, 0.15) is 71.3 Å². The minimum absolute atomic E-state index is 0.160. The molecule has 0 aromatic heterocycles. The molecule has 0 spiro atoms. The molecule has 1 aromatic carbocycles. The number of piperidine rings is 2. The van der Waals surface area contributed by atoms with Crippen molar-refractivity contribution >= 4 is 6.09 Å². The van der Waals surface area contributed by atoms with Gasteiger partial charge in [0.2, 0.25) is 0 Å². The van der Waals surface area contributed by atoms with E-state index < -0.39 is 0 Å². The van der Waals surface area contributed by atoms with Gasteiger partial charge < -0.3 is 14.5 Å². The number of hydrogen-bond acceptors (Lipinski definition) is 3. The molecule has 2 aliphatic rings. The first-order valence-corrected chi connectivity index (χ1v) is 11.2. The Morgan fingerprint density at radius 1 is 0.893 bits per heavy atom. The van der Waals surface area contributed by atoms with E-state index in [9.17, 15) is 4.79 Å². The highest BCUT2D eigenvalue weighted by atomic mass is 16.6. The fraction of sp³-hybridized carbons (Fsp3) is 0.708. The number of likely N-dealkylation sites (tertiary alicyclic amines) is 2. The predicted molar refractivity (Wildman–Crippen MR) is 117 cm³/mol. The summed E-state index contributed by atoms with van der Waals surface area (Å²) in [6.45, 7) is 11.3. The molecule has 0 saturated carbocycles. The number of rotatable bonds is 4. The lowest BCUT2D eigenvalue weighted by Gasteiger charge is -2.29. The van der Waals surface area contributed by atoms with Gasteiger partial charge in [0.15, 0.2) is 0 Å². The number of amides is 1. The summed E-state index contributed by atoms with van der Waals surface area (Å²) >= 11 is 0. The van der Waals surface area contributed by atoms with Gasteiger partial charge in [0, 0.05) is 13.1 Å². The van der Waals surface area contributed by atoms with Gasteiger partial charge in [0.1, 0.15) is 5.60 Å². The summed E-state index contributed by atoms with van der Waals surface area (Å²) < 4.78 is 5.26. The summed E-state index contributed by atoms with van der Waals surface area (Å²) in [6.07, 6.45) is 10.1. The maximum absolute atomic E-state index is 11.5. The summed E-state index contributed by atoms with van der Waals surface area (Å²) in [5.41, 5.74) is 1.11. The highest BCUT2D eigenvalue weighted by Gasteiger charge is 2.22. The number of hydrogen-bond donors (Lipinski definition) is 0. The van der Waals surface area contributed by atoms with Gasteiger partial charge in [-0.25, -0.2) is 4.79 Å². The molecular formula is C24H40N2O2. The Kier molecular flexibility index (Phi) is 9.83. The fourth-order valence-electron chi connectivity index (χ4n) is 3.74. The van der Waals surface area contributed by atoms with E-state index in [1.807, 2.05) is 20.8 Å². The van der Waals surface area contributed by atoms with Crippen molar-refractivity contribution < 1.29 is 9.53 Å². The molecular weight excluding hydrogens is 348 g/mol. The lowest BCUT2D eigenvalue weighted by atomic mass is 10.1. The molecule has 0 unspecified atom stereocenters. The van der Waals surface area contributed by atoms with Crippen molar-refractivity contribution in [2.24, 2.45) is 0 Å². The third-order valence-corrected chi connectivity index (χ3v) is 5.24. The number of carbonyl (C=O) groups is 1. The molecule has 2 heterocycles. The molecule has 0 N–H and O–H groups in total. The average Bonchev–Trinajstić information content (AvgIpc) is 2.70. The zero-order valence-electron chi connectivity index (χ0n) is 18.3. The van der Waals surface area contributed by atoms with Crippen LogP contribution in [0.4, 0.5) is 4.79 Å². The van der Waals surface area contributed by atoms with E-state index in [-0.39, 0.29) is 11.7 Å². The lowest BCUT2D eigenvalue weighted by Crippen LogP contribution is -2.39. The molecule has 28 heavy (non-hydrogen) atoms. The van der Waals surface area contributed by atoms with E-state index in [0.717, 1.165) is 25.9 Å². The molecule has 1 amide bonds. The first-order valence-electron chi connectivity index (χ1n) is 11.2. The van der Waals surface area contributed by atoms with Crippen molar-refractivity contribution in [1.29, 1.82) is 0 Å². The van der Waals surface area contributed by atoms with Gasteiger partial charge in [-0.05, 0) is 90.9 Å². The van der Waals surface area contributed by atoms with Crippen molar-refractivity contribution in [3.63, 3.8) is 0 Å². The predicted octanol–water partition coefficient (Wildman–Crippen LogP) is 5.51. The fourth-order valence-corrected chi connectivity index (χ4v) is 3.74. The number of benzene rings is 1. The molecule has 2 saturated heterocycles. The first kappa shape index (κ1) is 22.7. The average molecular weight is 389 g/mol. The van der Waals surface area contributed by atoms with Crippen LogP contribution < -0.4 is 0 Å². The van der Waals surface area contributed by atoms with Crippen molar-refractivity contribution in [2.75, 3.05) is 32.7 Å². The standard InChI is InChI=1S/C14H21N.C10H19NO2/c1-3-8-14(9-4-1)10-7-13-15-11-5-2-6-12-15;1-10(2,3)13-9(12)11-7-5-4-6-8-11/h1,3-4,8-9H,2,5-7,10-13H2;4-8H2,1-3H3. The minimum Gasteiger partial charge on any atom is -0.444 e. The maximum atomic E-state index is 11.5. The summed E-state index contributed by atoms with van der Waals surface area (Å²) in [7, 11) is 0. The minimum atomic E-state index is -0.367. The molecule has 0 radical (unpaired) electrons. The van der Waals surface area contributed by atoms with E-state index in [0.29, 0.717) is 0 Å². The Hall–Kier alpha value is -1.55. The van der Waals surface area contributed by atoms with E-state index in [1.54, 1.807) is 4.90 Å². The molecule has 4 heteroatoms. The van der Waals surface area contributed by atoms with Gasteiger partial charge in [-0.2, -0.15) is 0 Å². The first-order chi connectivity index (χ1) is 13.4. The number of ether oxygens (including phenoxy) is 1. The van der Waals surface area contributed by atoms with Crippen LogP contribution in [0.3, 0.4) is 0 Å². The van der Waals surface area contributed by atoms with Crippen LogP contribution in [0.2, 0.25) is 0 Å². The van der Waals surface area contributed by atoms with E-state index in [2.05, 4.69) is 35.2 Å². The lowest BCUT2D eigenvalue weighted by molar-refractivity contribution is 0.0216. The Balaban J connectivity index is 0.000000203. The number of nitrogens with zero attached hydrogens (tertiary/aromatic N) is 2. The van der Waals surface area contributed by atoms with Crippen molar-refractivity contribution in [3.8, 4) is 0 Å². The normalized spacial score (nSPS) is 18.2. The molecule has 2 aliphatic heterocycles. The number of aryl methyl sites for hydroxylation is 1.